The van der Waals surface area contributed by atoms with Gasteiger partial charge in [-0.1, -0.05) is 24.3 Å². The molecular weight excluding hydrogens is 254 g/mol. The van der Waals surface area contributed by atoms with Gasteiger partial charge >= 0.3 is 0 Å². The fourth-order valence-corrected chi connectivity index (χ4v) is 2.16. The molecule has 4 nitrogen and oxygen atoms in total. The number of amides is 1. The molecule has 1 amide bonds. The van der Waals surface area contributed by atoms with Crippen LogP contribution in [0.15, 0.2) is 42.5 Å². The number of benzene rings is 2. The molecule has 0 saturated carbocycles. The van der Waals surface area contributed by atoms with Crippen molar-refractivity contribution in [2.24, 2.45) is 0 Å². The van der Waals surface area contributed by atoms with Crippen LogP contribution in [0.5, 0.6) is 11.5 Å². The van der Waals surface area contributed by atoms with E-state index < -0.39 is 0 Å². The fourth-order valence-electron chi connectivity index (χ4n) is 2.16. The smallest absolute Gasteiger partial charge is 0.251 e. The van der Waals surface area contributed by atoms with Crippen LogP contribution in [-0.2, 0) is 6.54 Å². The second-order valence-electron chi connectivity index (χ2n) is 4.69. The van der Waals surface area contributed by atoms with Gasteiger partial charge in [-0.25, -0.2) is 0 Å². The number of nitrogens with one attached hydrogen (secondary N) is 1. The van der Waals surface area contributed by atoms with Crippen LogP contribution in [-0.4, -0.2) is 12.7 Å². The summed E-state index contributed by atoms with van der Waals surface area (Å²) in [7, 11) is 0. The van der Waals surface area contributed by atoms with E-state index in [1.54, 1.807) is 0 Å². The number of ether oxygens (including phenoxy) is 2. The first-order valence-electron chi connectivity index (χ1n) is 6.46. The molecule has 0 saturated heterocycles. The third-order valence-corrected chi connectivity index (χ3v) is 3.28. The van der Waals surface area contributed by atoms with Gasteiger partial charge in [-0.05, 0) is 36.2 Å². The van der Waals surface area contributed by atoms with Crippen LogP contribution in [0.3, 0.4) is 0 Å². The van der Waals surface area contributed by atoms with Gasteiger partial charge < -0.3 is 14.8 Å². The summed E-state index contributed by atoms with van der Waals surface area (Å²) < 4.78 is 10.6. The van der Waals surface area contributed by atoms with Crippen molar-refractivity contribution in [2.45, 2.75) is 13.5 Å². The SMILES string of the molecule is Cc1ccccc1C(=O)NCc1ccc2c(c1)OCO2. The van der Waals surface area contributed by atoms with Crippen molar-refractivity contribution in [3.05, 3.63) is 59.2 Å². The topological polar surface area (TPSA) is 47.6 Å². The summed E-state index contributed by atoms with van der Waals surface area (Å²) in [5, 5.41) is 2.91. The van der Waals surface area contributed by atoms with Gasteiger partial charge in [-0.2, -0.15) is 0 Å². The molecule has 0 spiro atoms. The second-order valence-corrected chi connectivity index (χ2v) is 4.69. The molecule has 0 bridgehead atoms. The molecular formula is C16H15NO3. The molecule has 1 aliphatic heterocycles. The molecule has 4 heteroatoms. The lowest BCUT2D eigenvalue weighted by atomic mass is 10.1. The van der Waals surface area contributed by atoms with Crippen molar-refractivity contribution in [2.75, 3.05) is 6.79 Å². The zero-order chi connectivity index (χ0) is 13.9. The fraction of sp³-hybridized carbons (Fsp3) is 0.188. The third kappa shape index (κ3) is 2.45. The Hall–Kier alpha value is -2.49. The molecule has 102 valence electrons. The van der Waals surface area contributed by atoms with E-state index in [9.17, 15) is 4.79 Å². The molecule has 0 aliphatic carbocycles. The number of hydrogen-bond donors (Lipinski definition) is 1. The van der Waals surface area contributed by atoms with Crippen molar-refractivity contribution in [1.82, 2.24) is 5.32 Å². The van der Waals surface area contributed by atoms with Gasteiger partial charge in [0.25, 0.3) is 5.91 Å². The third-order valence-electron chi connectivity index (χ3n) is 3.28. The van der Waals surface area contributed by atoms with Gasteiger partial charge in [0.2, 0.25) is 6.79 Å². The van der Waals surface area contributed by atoms with Gasteiger partial charge in [0.05, 0.1) is 0 Å². The Kier molecular flexibility index (Phi) is 3.29. The molecule has 1 heterocycles. The number of fused-ring (bicyclic) bond motifs is 1. The van der Waals surface area contributed by atoms with Crippen LogP contribution in [0.4, 0.5) is 0 Å². The Morgan fingerprint density at radius 2 is 1.95 bits per heavy atom. The first-order chi connectivity index (χ1) is 9.74. The van der Waals surface area contributed by atoms with E-state index in [1.807, 2.05) is 49.4 Å². The monoisotopic (exact) mass is 269 g/mol. The molecule has 3 rings (SSSR count). The van der Waals surface area contributed by atoms with E-state index in [4.69, 9.17) is 9.47 Å². The number of carbonyl (C=O) groups excluding carboxylic acids is 1. The molecule has 2 aromatic rings. The maximum atomic E-state index is 12.1. The van der Waals surface area contributed by atoms with Gasteiger partial charge in [0.15, 0.2) is 11.5 Å². The van der Waals surface area contributed by atoms with Crippen LogP contribution in [0.25, 0.3) is 0 Å². The van der Waals surface area contributed by atoms with Crippen LogP contribution in [0, 0.1) is 6.92 Å². The number of rotatable bonds is 3. The molecule has 0 unspecified atom stereocenters. The molecule has 0 radical (unpaired) electrons. The summed E-state index contributed by atoms with van der Waals surface area (Å²) in [6.45, 7) is 2.65. The van der Waals surface area contributed by atoms with Gasteiger partial charge in [-0.15, -0.1) is 0 Å². The van der Waals surface area contributed by atoms with Crippen LogP contribution in [0.1, 0.15) is 21.5 Å². The summed E-state index contributed by atoms with van der Waals surface area (Å²) in [5.41, 5.74) is 2.65. The van der Waals surface area contributed by atoms with E-state index in [0.717, 1.165) is 22.6 Å². The number of hydrogen-bond acceptors (Lipinski definition) is 3. The van der Waals surface area contributed by atoms with Crippen molar-refractivity contribution < 1.29 is 14.3 Å². The lowest BCUT2D eigenvalue weighted by molar-refractivity contribution is 0.0950. The number of aryl methyl sites for hydroxylation is 1. The quantitative estimate of drug-likeness (QED) is 0.931. The largest absolute Gasteiger partial charge is 0.454 e. The lowest BCUT2D eigenvalue weighted by Crippen LogP contribution is -2.23. The van der Waals surface area contributed by atoms with Gasteiger partial charge in [-0.3, -0.25) is 4.79 Å². The van der Waals surface area contributed by atoms with Gasteiger partial charge in [0, 0.05) is 12.1 Å². The first kappa shape index (κ1) is 12.5. The molecule has 2 aromatic carbocycles. The van der Waals surface area contributed by atoms with Crippen molar-refractivity contribution in [3.63, 3.8) is 0 Å². The standard InChI is InChI=1S/C16H15NO3/c1-11-4-2-3-5-13(11)16(18)17-9-12-6-7-14-15(8-12)20-10-19-14/h2-8H,9-10H2,1H3,(H,17,18). The number of carbonyl (C=O) groups is 1. The van der Waals surface area contributed by atoms with Crippen molar-refractivity contribution in [1.29, 1.82) is 0 Å². The van der Waals surface area contributed by atoms with E-state index in [0.29, 0.717) is 12.1 Å². The van der Waals surface area contributed by atoms with Crippen molar-refractivity contribution in [3.8, 4) is 11.5 Å². The normalized spacial score (nSPS) is 12.2. The predicted molar refractivity (Wildman–Crippen MR) is 74.9 cm³/mol. The molecule has 0 fully saturated rings. The van der Waals surface area contributed by atoms with Crippen LogP contribution < -0.4 is 14.8 Å². The summed E-state index contributed by atoms with van der Waals surface area (Å²) >= 11 is 0. The maximum absolute atomic E-state index is 12.1. The van der Waals surface area contributed by atoms with E-state index >= 15 is 0 Å². The summed E-state index contributed by atoms with van der Waals surface area (Å²) in [4.78, 5) is 12.1. The highest BCUT2D eigenvalue weighted by atomic mass is 16.7. The summed E-state index contributed by atoms with van der Waals surface area (Å²) in [6, 6.07) is 13.2. The average Bonchev–Trinajstić information content (AvgIpc) is 2.92. The highest BCUT2D eigenvalue weighted by Gasteiger charge is 2.14. The molecule has 1 aliphatic rings. The predicted octanol–water partition coefficient (Wildman–Crippen LogP) is 2.65. The van der Waals surface area contributed by atoms with Crippen LogP contribution in [0.2, 0.25) is 0 Å². The highest BCUT2D eigenvalue weighted by molar-refractivity contribution is 5.95. The minimum absolute atomic E-state index is 0.0687. The summed E-state index contributed by atoms with van der Waals surface area (Å²) in [6.07, 6.45) is 0. The van der Waals surface area contributed by atoms with Crippen molar-refractivity contribution >= 4 is 5.91 Å². The minimum atomic E-state index is -0.0687. The molecule has 0 atom stereocenters. The lowest BCUT2D eigenvalue weighted by Gasteiger charge is -2.08. The Balaban J connectivity index is 1.68. The molecule has 0 aromatic heterocycles. The first-order valence-corrected chi connectivity index (χ1v) is 6.46. The van der Waals surface area contributed by atoms with E-state index in [-0.39, 0.29) is 12.7 Å². The zero-order valence-corrected chi connectivity index (χ0v) is 11.2. The second kappa shape index (κ2) is 5.25. The molecule has 20 heavy (non-hydrogen) atoms. The van der Waals surface area contributed by atoms with Gasteiger partial charge in [0.1, 0.15) is 0 Å². The Labute approximate surface area is 117 Å². The average molecular weight is 269 g/mol. The minimum Gasteiger partial charge on any atom is -0.454 e. The Morgan fingerprint density at radius 3 is 2.80 bits per heavy atom. The zero-order valence-electron chi connectivity index (χ0n) is 11.2. The Bertz CT molecular complexity index is 652. The van der Waals surface area contributed by atoms with E-state index in [1.165, 1.54) is 0 Å². The van der Waals surface area contributed by atoms with Crippen LogP contribution >= 0.6 is 0 Å². The highest BCUT2D eigenvalue weighted by Crippen LogP contribution is 2.32. The molecule has 1 N–H and O–H groups in total. The summed E-state index contributed by atoms with van der Waals surface area (Å²) in [5.74, 6) is 1.41. The van der Waals surface area contributed by atoms with E-state index in [2.05, 4.69) is 5.32 Å². The Morgan fingerprint density at radius 1 is 1.15 bits per heavy atom. The maximum Gasteiger partial charge on any atom is 0.251 e.